The van der Waals surface area contributed by atoms with Crippen molar-refractivity contribution in [2.24, 2.45) is 0 Å². The number of rotatable bonds is 0. The molecule has 0 rings (SSSR count). The Balaban J connectivity index is -0.0000000250. The van der Waals surface area contributed by atoms with E-state index in [0.29, 0.717) is 0 Å². The summed E-state index contributed by atoms with van der Waals surface area (Å²) in [6, 6.07) is 0. The maximum atomic E-state index is 8.57. The Hall–Kier alpha value is 5.18. The van der Waals surface area contributed by atoms with E-state index in [1.54, 1.807) is 0 Å². The van der Waals surface area contributed by atoms with Crippen LogP contribution in [-0.2, 0) is 16.5 Å². The molecule has 0 N–H and O–H groups in total. The SMILES string of the molecule is [K+].[Ni].[O-][I+2]([O-])[O-].[O-][I+2]([O-])[O-].[O-][I+2]([O-])[O-].[O-][I+2]([O-])[O-].[O-][I+2]([O-])[O-]. The Labute approximate surface area is 219 Å². The molecule has 0 fully saturated rings. The molecule has 0 bridgehead atoms. The minimum absolute atomic E-state index is 0. The van der Waals surface area contributed by atoms with Gasteiger partial charge in [-0.2, -0.15) is 0 Å². The predicted molar refractivity (Wildman–Crippen MR) is 0 cm³/mol. The Morgan fingerprint density at radius 3 is 0.273 bits per heavy atom. The second-order valence-electron chi connectivity index (χ2n) is 0.945. The first-order valence-electron chi connectivity index (χ1n) is 2.31. The summed E-state index contributed by atoms with van der Waals surface area (Å²) in [5.74, 6) is 0. The van der Waals surface area contributed by atoms with Gasteiger partial charge in [0.15, 0.2) is 0 Å². The van der Waals surface area contributed by atoms with Crippen LogP contribution in [0.3, 0.4) is 0 Å². The van der Waals surface area contributed by atoms with Gasteiger partial charge < -0.3 is 51.5 Å². The van der Waals surface area contributed by atoms with Crippen molar-refractivity contribution in [3.8, 4) is 0 Å². The van der Waals surface area contributed by atoms with Crippen molar-refractivity contribution < 1.29 is 225 Å². The zero-order valence-electron chi connectivity index (χ0n) is 9.33. The summed E-state index contributed by atoms with van der Waals surface area (Å²) in [4.78, 5) is 0. The van der Waals surface area contributed by atoms with Gasteiger partial charge in [-0.3, -0.25) is 0 Å². The van der Waals surface area contributed by atoms with Gasteiger partial charge in [-0.1, -0.05) is 0 Å². The molecule has 0 aliphatic carbocycles. The Bertz CT molecular complexity index is 86.5. The average molecular weight is 972 g/mol. The second-order valence-corrected chi connectivity index (χ2v) is 6.34. The molecule has 0 aromatic heterocycles. The first-order valence-corrected chi connectivity index (χ1v) is 15.5. The first-order chi connectivity index (χ1) is 8.66. The van der Waals surface area contributed by atoms with E-state index < -0.39 is 105 Å². The molecule has 0 aromatic rings. The van der Waals surface area contributed by atoms with E-state index in [1.165, 1.54) is 0 Å². The van der Waals surface area contributed by atoms with Gasteiger partial charge >= 0.3 is 51.4 Å². The Morgan fingerprint density at radius 1 is 0.273 bits per heavy atom. The molecule has 0 unspecified atom stereocenters. The molecule has 140 valence electrons. The summed E-state index contributed by atoms with van der Waals surface area (Å²) in [5.41, 5.74) is 0. The van der Waals surface area contributed by atoms with E-state index in [1.807, 2.05) is 0 Å². The summed E-state index contributed by atoms with van der Waals surface area (Å²) in [6.45, 7) is 0. The zero-order chi connectivity index (χ0) is 17.9. The Morgan fingerprint density at radius 2 is 0.273 bits per heavy atom. The molecular weight excluding hydrogens is 972 g/mol. The summed E-state index contributed by atoms with van der Waals surface area (Å²) in [6.07, 6.45) is 0. The van der Waals surface area contributed by atoms with Crippen LogP contribution in [-0.4, -0.2) is 0 Å². The normalized spacial score (nSPS) is 8.18. The molecular formula is I5KNiO15-4. The standard InChI is InChI=1S/5IO3.K.Ni/c5*2-1(3)4;;/q5*-1;+1;. The van der Waals surface area contributed by atoms with Crippen molar-refractivity contribution in [2.75, 3.05) is 0 Å². The van der Waals surface area contributed by atoms with E-state index in [4.69, 9.17) is 51.5 Å². The van der Waals surface area contributed by atoms with E-state index in [9.17, 15) is 0 Å². The molecule has 22 heteroatoms. The molecule has 0 spiro atoms. The molecule has 0 saturated heterocycles. The van der Waals surface area contributed by atoms with Crippen molar-refractivity contribution in [3.63, 3.8) is 0 Å². The fraction of sp³-hybridized carbons (Fsp3) is 0. The van der Waals surface area contributed by atoms with Gasteiger partial charge in [0.05, 0.1) is 0 Å². The van der Waals surface area contributed by atoms with Crippen LogP contribution in [0, 0.1) is 0 Å². The van der Waals surface area contributed by atoms with Gasteiger partial charge in [0, 0.05) is 16.5 Å². The molecule has 22 heavy (non-hydrogen) atoms. The van der Waals surface area contributed by atoms with Crippen molar-refractivity contribution >= 4 is 0 Å². The topological polar surface area (TPSA) is 346 Å². The predicted octanol–water partition coefficient (Wildman–Crippen LogP) is -35.8. The van der Waals surface area contributed by atoms with Crippen LogP contribution >= 0.6 is 0 Å². The second kappa shape index (κ2) is 40.8. The third-order valence-corrected chi connectivity index (χ3v) is 0. The number of halogens is 5. The van der Waals surface area contributed by atoms with Gasteiger partial charge in [0.1, 0.15) is 0 Å². The number of hydrogen-bond donors (Lipinski definition) is 0. The summed E-state index contributed by atoms with van der Waals surface area (Å²) in [5, 5.41) is 0. The van der Waals surface area contributed by atoms with Crippen LogP contribution in [0.1, 0.15) is 0 Å². The monoisotopic (exact) mass is 971 g/mol. The molecule has 0 heterocycles. The summed E-state index contributed by atoms with van der Waals surface area (Å²) in [7, 11) is 0. The maximum absolute atomic E-state index is 8.57. The first kappa shape index (κ1) is 45.7. The third kappa shape index (κ3) is 549. The molecule has 0 amide bonds. The minimum atomic E-state index is -4.01. The van der Waals surface area contributed by atoms with Crippen LogP contribution in [0.25, 0.3) is 0 Å². The van der Waals surface area contributed by atoms with Crippen LogP contribution < -0.4 is 208 Å². The number of hydrogen-bond acceptors (Lipinski definition) is 15. The minimum Gasteiger partial charge on any atom is -0.427 e. The molecule has 15 nitrogen and oxygen atoms in total. The van der Waals surface area contributed by atoms with E-state index >= 15 is 0 Å². The van der Waals surface area contributed by atoms with Gasteiger partial charge in [-0.15, -0.1) is 0 Å². The molecule has 0 aliphatic rings. The average Bonchev–Trinajstić information content (AvgIpc) is 1.94. The Kier molecular flexibility index (Phi) is 84.8. The summed E-state index contributed by atoms with van der Waals surface area (Å²) >= 11 is -20.1. The molecule has 0 saturated carbocycles. The summed E-state index contributed by atoms with van der Waals surface area (Å²) < 4.78 is 129. The van der Waals surface area contributed by atoms with Crippen molar-refractivity contribution in [1.29, 1.82) is 0 Å². The van der Waals surface area contributed by atoms with Crippen molar-refractivity contribution in [1.82, 2.24) is 0 Å². The fourth-order valence-electron chi connectivity index (χ4n) is 0. The van der Waals surface area contributed by atoms with Gasteiger partial charge in [0.25, 0.3) is 105 Å². The van der Waals surface area contributed by atoms with Crippen LogP contribution in [0.15, 0.2) is 0 Å². The van der Waals surface area contributed by atoms with Crippen LogP contribution in [0.4, 0.5) is 0 Å². The maximum Gasteiger partial charge on any atom is 1.00 e. The third-order valence-electron chi connectivity index (χ3n) is 0. The molecule has 0 radical (unpaired) electrons. The van der Waals surface area contributed by atoms with Crippen LogP contribution in [0.5, 0.6) is 0 Å². The quantitative estimate of drug-likeness (QED) is 0.161. The smallest absolute Gasteiger partial charge is 0.427 e. The van der Waals surface area contributed by atoms with Gasteiger partial charge in [-0.25, -0.2) is 0 Å². The molecule has 0 atom stereocenters. The fourth-order valence-corrected chi connectivity index (χ4v) is 0. The van der Waals surface area contributed by atoms with Crippen molar-refractivity contribution in [3.05, 3.63) is 0 Å². The van der Waals surface area contributed by atoms with E-state index in [-0.39, 0.29) is 67.9 Å². The zero-order valence-corrected chi connectivity index (χ0v) is 24.2. The van der Waals surface area contributed by atoms with Gasteiger partial charge in [-0.05, 0) is 0 Å². The largest absolute Gasteiger partial charge is 1.00 e. The van der Waals surface area contributed by atoms with E-state index in [2.05, 4.69) is 0 Å². The van der Waals surface area contributed by atoms with E-state index in [0.717, 1.165) is 0 Å². The van der Waals surface area contributed by atoms with Gasteiger partial charge in [0.2, 0.25) is 0 Å². The van der Waals surface area contributed by atoms with Crippen LogP contribution in [0.2, 0.25) is 0 Å². The van der Waals surface area contributed by atoms with Crippen molar-refractivity contribution in [2.45, 2.75) is 0 Å². The molecule has 0 aromatic carbocycles. The molecule has 0 aliphatic heterocycles.